The third-order valence-electron chi connectivity index (χ3n) is 2.44. The van der Waals surface area contributed by atoms with E-state index in [1.54, 1.807) is 0 Å². The van der Waals surface area contributed by atoms with Gasteiger partial charge in [0.15, 0.2) is 0 Å². The third kappa shape index (κ3) is 4.79. The first kappa shape index (κ1) is 12.0. The molecule has 1 heterocycles. The first-order valence-electron chi connectivity index (χ1n) is 5.34. The largest absolute Gasteiger partial charge is 0.481 e. The summed E-state index contributed by atoms with van der Waals surface area (Å²) in [7, 11) is 0. The first-order valence-corrected chi connectivity index (χ1v) is 5.34. The van der Waals surface area contributed by atoms with Crippen LogP contribution in [0.4, 0.5) is 0 Å². The van der Waals surface area contributed by atoms with Gasteiger partial charge in [-0.05, 0) is 31.3 Å². The number of hydrogen-bond acceptors (Lipinski definition) is 2. The van der Waals surface area contributed by atoms with Gasteiger partial charge in [-0.25, -0.2) is 0 Å². The molecule has 1 atom stereocenters. The quantitative estimate of drug-likeness (QED) is 0.541. The molecule has 0 aromatic rings. The van der Waals surface area contributed by atoms with Crippen molar-refractivity contribution in [3.8, 4) is 0 Å². The summed E-state index contributed by atoms with van der Waals surface area (Å²) in [5.41, 5.74) is 1.24. The zero-order valence-corrected chi connectivity index (χ0v) is 8.95. The molecule has 0 aliphatic carbocycles. The predicted molar refractivity (Wildman–Crippen MR) is 58.7 cm³/mol. The number of carbonyl (C=O) groups is 1. The van der Waals surface area contributed by atoms with E-state index in [0.29, 0.717) is 6.61 Å². The van der Waals surface area contributed by atoms with Crippen LogP contribution in [0.2, 0.25) is 0 Å². The van der Waals surface area contributed by atoms with Gasteiger partial charge in [0.2, 0.25) is 0 Å². The van der Waals surface area contributed by atoms with Crippen LogP contribution in [-0.2, 0) is 9.53 Å². The Bertz CT molecular complexity index is 256. The van der Waals surface area contributed by atoms with E-state index in [4.69, 9.17) is 9.84 Å². The summed E-state index contributed by atoms with van der Waals surface area (Å²) in [6.45, 7) is 4.27. The molecule has 0 radical (unpaired) electrons. The molecule has 0 saturated carbocycles. The molecule has 1 aliphatic rings. The molecule has 1 aliphatic heterocycles. The van der Waals surface area contributed by atoms with E-state index >= 15 is 0 Å². The van der Waals surface area contributed by atoms with Crippen LogP contribution in [0.25, 0.3) is 0 Å². The standard InChI is InChI=1S/C12H18O3/c1-2-3-4-5-6-10-7-11(15-9-10)8-12(13)14/h2,6,11H,1,3-5,7-9H2,(H,13,14)/b10-6+/t11-/m1/s1. The van der Waals surface area contributed by atoms with Crippen molar-refractivity contribution in [1.29, 1.82) is 0 Å². The Balaban J connectivity index is 2.22. The fraction of sp³-hybridized carbons (Fsp3) is 0.583. The van der Waals surface area contributed by atoms with Gasteiger partial charge in [0.25, 0.3) is 0 Å². The Kier molecular flexibility index (Phi) is 5.12. The van der Waals surface area contributed by atoms with E-state index in [1.807, 2.05) is 6.08 Å². The summed E-state index contributed by atoms with van der Waals surface area (Å²) < 4.78 is 5.36. The van der Waals surface area contributed by atoms with Crippen molar-refractivity contribution in [2.75, 3.05) is 6.61 Å². The fourth-order valence-electron chi connectivity index (χ4n) is 1.67. The van der Waals surface area contributed by atoms with Crippen LogP contribution in [0.15, 0.2) is 24.3 Å². The number of carboxylic acid groups (broad SMARTS) is 1. The van der Waals surface area contributed by atoms with Crippen LogP contribution in [-0.4, -0.2) is 23.8 Å². The van der Waals surface area contributed by atoms with Crippen molar-refractivity contribution in [1.82, 2.24) is 0 Å². The maximum atomic E-state index is 10.5. The summed E-state index contributed by atoms with van der Waals surface area (Å²) in [6, 6.07) is 0. The highest BCUT2D eigenvalue weighted by atomic mass is 16.5. The highest BCUT2D eigenvalue weighted by molar-refractivity contribution is 5.67. The molecule has 0 spiro atoms. The van der Waals surface area contributed by atoms with E-state index in [-0.39, 0.29) is 12.5 Å². The Morgan fingerprint density at radius 2 is 2.40 bits per heavy atom. The van der Waals surface area contributed by atoms with Crippen molar-refractivity contribution < 1.29 is 14.6 Å². The van der Waals surface area contributed by atoms with Crippen LogP contribution >= 0.6 is 0 Å². The minimum absolute atomic E-state index is 0.115. The number of unbranched alkanes of at least 4 members (excludes halogenated alkanes) is 2. The molecule has 0 bridgehead atoms. The minimum atomic E-state index is -0.784. The maximum absolute atomic E-state index is 10.5. The van der Waals surface area contributed by atoms with Crippen molar-refractivity contribution in [2.24, 2.45) is 0 Å². The van der Waals surface area contributed by atoms with E-state index in [0.717, 1.165) is 25.7 Å². The smallest absolute Gasteiger partial charge is 0.305 e. The molecule has 3 heteroatoms. The summed E-state index contributed by atoms with van der Waals surface area (Å²) >= 11 is 0. The summed E-state index contributed by atoms with van der Waals surface area (Å²) in [5.74, 6) is -0.784. The topological polar surface area (TPSA) is 46.5 Å². The second-order valence-electron chi connectivity index (χ2n) is 3.82. The van der Waals surface area contributed by atoms with Gasteiger partial charge in [-0.1, -0.05) is 12.2 Å². The summed E-state index contributed by atoms with van der Waals surface area (Å²) in [4.78, 5) is 10.5. The van der Waals surface area contributed by atoms with Crippen LogP contribution in [0.1, 0.15) is 32.1 Å². The normalized spacial score (nSPS) is 23.2. The van der Waals surface area contributed by atoms with E-state index < -0.39 is 5.97 Å². The SMILES string of the molecule is C=CCCC/C=C1/CO[C@@H](CC(=O)O)C1. The van der Waals surface area contributed by atoms with Crippen molar-refractivity contribution in [2.45, 2.75) is 38.2 Å². The monoisotopic (exact) mass is 210 g/mol. The van der Waals surface area contributed by atoms with Gasteiger partial charge in [-0.3, -0.25) is 4.79 Å². The molecule has 0 aromatic heterocycles. The van der Waals surface area contributed by atoms with E-state index in [2.05, 4.69) is 12.7 Å². The second-order valence-corrected chi connectivity index (χ2v) is 3.82. The Morgan fingerprint density at radius 3 is 3.07 bits per heavy atom. The zero-order valence-electron chi connectivity index (χ0n) is 8.95. The van der Waals surface area contributed by atoms with Crippen LogP contribution < -0.4 is 0 Å². The van der Waals surface area contributed by atoms with Gasteiger partial charge in [0, 0.05) is 0 Å². The van der Waals surface area contributed by atoms with Gasteiger partial charge < -0.3 is 9.84 Å². The highest BCUT2D eigenvalue weighted by Crippen LogP contribution is 2.21. The van der Waals surface area contributed by atoms with Crippen LogP contribution in [0.5, 0.6) is 0 Å². The lowest BCUT2D eigenvalue weighted by Gasteiger charge is -2.02. The van der Waals surface area contributed by atoms with Crippen LogP contribution in [0.3, 0.4) is 0 Å². The molecule has 0 aromatic carbocycles. The lowest BCUT2D eigenvalue weighted by Crippen LogP contribution is -2.11. The molecule has 1 rings (SSSR count). The van der Waals surface area contributed by atoms with Gasteiger partial charge >= 0.3 is 5.97 Å². The van der Waals surface area contributed by atoms with E-state index in [9.17, 15) is 4.79 Å². The van der Waals surface area contributed by atoms with Crippen LogP contribution in [0, 0.1) is 0 Å². The number of carboxylic acids is 1. The summed E-state index contributed by atoms with van der Waals surface area (Å²) in [5, 5.41) is 8.60. The number of ether oxygens (including phenoxy) is 1. The van der Waals surface area contributed by atoms with Crippen molar-refractivity contribution in [3.05, 3.63) is 24.3 Å². The van der Waals surface area contributed by atoms with Crippen molar-refractivity contribution in [3.63, 3.8) is 0 Å². The number of rotatable bonds is 6. The van der Waals surface area contributed by atoms with Gasteiger partial charge in [0.1, 0.15) is 0 Å². The average molecular weight is 210 g/mol. The Morgan fingerprint density at radius 1 is 1.60 bits per heavy atom. The second kappa shape index (κ2) is 6.40. The van der Waals surface area contributed by atoms with Gasteiger partial charge in [-0.2, -0.15) is 0 Å². The van der Waals surface area contributed by atoms with E-state index in [1.165, 1.54) is 5.57 Å². The average Bonchev–Trinajstić information content (AvgIpc) is 2.59. The lowest BCUT2D eigenvalue weighted by molar-refractivity contribution is -0.139. The molecular formula is C12H18O3. The molecular weight excluding hydrogens is 192 g/mol. The first-order chi connectivity index (χ1) is 7.22. The maximum Gasteiger partial charge on any atom is 0.305 e. The lowest BCUT2D eigenvalue weighted by atomic mass is 10.1. The molecule has 84 valence electrons. The predicted octanol–water partition coefficient (Wildman–Crippen LogP) is 2.53. The molecule has 0 amide bonds. The molecule has 1 saturated heterocycles. The highest BCUT2D eigenvalue weighted by Gasteiger charge is 2.21. The third-order valence-corrected chi connectivity index (χ3v) is 2.44. The van der Waals surface area contributed by atoms with Gasteiger partial charge in [0.05, 0.1) is 19.1 Å². The minimum Gasteiger partial charge on any atom is -0.481 e. The molecule has 1 N–H and O–H groups in total. The number of allylic oxidation sites excluding steroid dienone is 2. The fourth-order valence-corrected chi connectivity index (χ4v) is 1.67. The molecule has 3 nitrogen and oxygen atoms in total. The van der Waals surface area contributed by atoms with Gasteiger partial charge in [-0.15, -0.1) is 6.58 Å². The number of hydrogen-bond donors (Lipinski definition) is 1. The summed E-state index contributed by atoms with van der Waals surface area (Å²) in [6.07, 6.45) is 8.03. The number of aliphatic carboxylic acids is 1. The molecule has 15 heavy (non-hydrogen) atoms. The van der Waals surface area contributed by atoms with Crippen molar-refractivity contribution >= 4 is 5.97 Å². The Labute approximate surface area is 90.4 Å². The molecule has 1 fully saturated rings. The zero-order chi connectivity index (χ0) is 11.1. The molecule has 0 unspecified atom stereocenters. The Hall–Kier alpha value is -1.09.